The second kappa shape index (κ2) is 9.71. The Balaban J connectivity index is 2.11. The molecule has 25 heavy (non-hydrogen) atoms. The van der Waals surface area contributed by atoms with Crippen molar-refractivity contribution in [1.82, 2.24) is 9.97 Å². The highest BCUT2D eigenvalue weighted by Gasteiger charge is 2.14. The molecule has 0 radical (unpaired) electrons. The number of nitrogens with zero attached hydrogens (tertiary/aromatic N) is 2. The van der Waals surface area contributed by atoms with Crippen LogP contribution < -0.4 is 5.32 Å². The van der Waals surface area contributed by atoms with Gasteiger partial charge in [0.2, 0.25) is 5.95 Å². The van der Waals surface area contributed by atoms with Gasteiger partial charge < -0.3 is 10.1 Å². The number of ether oxygens (including phenoxy) is 1. The third-order valence-electron chi connectivity index (χ3n) is 3.81. The zero-order valence-electron chi connectivity index (χ0n) is 14.7. The van der Waals surface area contributed by atoms with Crippen molar-refractivity contribution >= 4 is 11.9 Å². The van der Waals surface area contributed by atoms with Crippen LogP contribution in [-0.2, 0) is 4.74 Å². The van der Waals surface area contributed by atoms with Crippen LogP contribution in [0.15, 0.2) is 36.7 Å². The molecule has 0 aliphatic carbocycles. The second-order valence-electron chi connectivity index (χ2n) is 5.76. The first kappa shape index (κ1) is 18.8. The van der Waals surface area contributed by atoms with Crippen LogP contribution in [0.4, 0.5) is 10.3 Å². The van der Waals surface area contributed by atoms with Crippen molar-refractivity contribution < 1.29 is 13.9 Å². The average Bonchev–Trinajstić information content (AvgIpc) is 2.62. The Kier molecular flexibility index (Phi) is 7.32. The molecule has 1 aromatic carbocycles. The lowest BCUT2D eigenvalue weighted by molar-refractivity contribution is 0.0525. The fraction of sp³-hybridized carbons (Fsp3) is 0.421. The molecule has 1 aromatic heterocycles. The van der Waals surface area contributed by atoms with E-state index in [4.69, 9.17) is 4.74 Å². The fourth-order valence-corrected chi connectivity index (χ4v) is 2.52. The van der Waals surface area contributed by atoms with Crippen molar-refractivity contribution in [2.45, 2.75) is 45.6 Å². The van der Waals surface area contributed by atoms with Crippen LogP contribution in [0.25, 0.3) is 0 Å². The lowest BCUT2D eigenvalue weighted by Gasteiger charge is -2.19. The number of benzene rings is 1. The van der Waals surface area contributed by atoms with Crippen LogP contribution in [-0.4, -0.2) is 22.5 Å². The van der Waals surface area contributed by atoms with E-state index >= 15 is 0 Å². The molecule has 1 unspecified atom stereocenters. The molecule has 0 fully saturated rings. The van der Waals surface area contributed by atoms with Gasteiger partial charge in [-0.15, -0.1) is 0 Å². The number of halogens is 1. The van der Waals surface area contributed by atoms with E-state index in [-0.39, 0.29) is 11.9 Å². The number of rotatable bonds is 9. The number of hydrogen-bond acceptors (Lipinski definition) is 5. The van der Waals surface area contributed by atoms with Gasteiger partial charge in [0.15, 0.2) is 0 Å². The number of anilines is 1. The summed E-state index contributed by atoms with van der Waals surface area (Å²) in [5.74, 6) is -0.309. The van der Waals surface area contributed by atoms with Crippen molar-refractivity contribution in [2.75, 3.05) is 11.9 Å². The molecule has 1 N–H and O–H groups in total. The minimum absolute atomic E-state index is 0.0873. The third-order valence-corrected chi connectivity index (χ3v) is 3.81. The largest absolute Gasteiger partial charge is 0.462 e. The van der Waals surface area contributed by atoms with Crippen LogP contribution in [0.2, 0.25) is 0 Å². The van der Waals surface area contributed by atoms with E-state index in [1.165, 1.54) is 24.5 Å². The van der Waals surface area contributed by atoms with Crippen molar-refractivity contribution in [2.24, 2.45) is 0 Å². The van der Waals surface area contributed by atoms with E-state index in [1.54, 1.807) is 13.0 Å². The smallest absolute Gasteiger partial charge is 0.341 e. The summed E-state index contributed by atoms with van der Waals surface area (Å²) in [5, 5.41) is 3.24. The molecule has 2 rings (SSSR count). The molecule has 1 atom stereocenters. The summed E-state index contributed by atoms with van der Waals surface area (Å²) < 4.78 is 18.5. The number of aromatic nitrogens is 2. The van der Waals surface area contributed by atoms with E-state index < -0.39 is 5.97 Å². The van der Waals surface area contributed by atoms with Gasteiger partial charge in [-0.2, -0.15) is 0 Å². The first-order valence-electron chi connectivity index (χ1n) is 8.65. The third kappa shape index (κ3) is 5.81. The van der Waals surface area contributed by atoms with Gasteiger partial charge >= 0.3 is 5.97 Å². The van der Waals surface area contributed by atoms with Crippen molar-refractivity contribution in [1.29, 1.82) is 0 Å². The number of carbonyl (C=O) groups is 1. The Morgan fingerprint density at radius 1 is 1.24 bits per heavy atom. The molecule has 0 aliphatic rings. The van der Waals surface area contributed by atoms with Gasteiger partial charge in [0.05, 0.1) is 18.2 Å². The number of nitrogens with one attached hydrogen (secondary N) is 1. The zero-order chi connectivity index (χ0) is 18.1. The van der Waals surface area contributed by atoms with Crippen LogP contribution in [0.3, 0.4) is 0 Å². The standard InChI is InChI=1S/C19H24FN3O2/c1-3-5-6-10-17(14-8-7-9-16(20)11-14)23-19-21-12-15(13-22-19)18(24)25-4-2/h7-9,11-13,17H,3-6,10H2,1-2H3,(H,21,22,23). The molecular formula is C19H24FN3O2. The highest BCUT2D eigenvalue weighted by atomic mass is 19.1. The molecule has 134 valence electrons. The van der Waals surface area contributed by atoms with E-state index in [9.17, 15) is 9.18 Å². The normalized spacial score (nSPS) is 11.8. The molecule has 1 heterocycles. The van der Waals surface area contributed by atoms with Gasteiger partial charge in [-0.25, -0.2) is 19.2 Å². The molecule has 6 heteroatoms. The first-order valence-corrected chi connectivity index (χ1v) is 8.65. The number of esters is 1. The SMILES string of the molecule is CCCCCC(Nc1ncc(C(=O)OCC)cn1)c1cccc(F)c1. The Bertz CT molecular complexity index is 677. The maximum absolute atomic E-state index is 13.6. The zero-order valence-corrected chi connectivity index (χ0v) is 14.7. The van der Waals surface area contributed by atoms with Gasteiger partial charge in [-0.1, -0.05) is 38.3 Å². The Morgan fingerprint density at radius 2 is 2.00 bits per heavy atom. The van der Waals surface area contributed by atoms with Gasteiger partial charge in [-0.05, 0) is 31.0 Å². The van der Waals surface area contributed by atoms with Gasteiger partial charge in [0.1, 0.15) is 5.82 Å². The Morgan fingerprint density at radius 3 is 2.64 bits per heavy atom. The molecule has 0 aliphatic heterocycles. The summed E-state index contributed by atoms with van der Waals surface area (Å²) in [4.78, 5) is 20.0. The lowest BCUT2D eigenvalue weighted by atomic mass is 10.0. The van der Waals surface area contributed by atoms with Crippen LogP contribution in [0.5, 0.6) is 0 Å². The summed E-state index contributed by atoms with van der Waals surface area (Å²) >= 11 is 0. The van der Waals surface area contributed by atoms with E-state index in [0.717, 1.165) is 31.2 Å². The summed E-state index contributed by atoms with van der Waals surface area (Å²) in [6.07, 6.45) is 6.95. The maximum atomic E-state index is 13.6. The van der Waals surface area contributed by atoms with E-state index in [1.807, 2.05) is 6.07 Å². The first-order chi connectivity index (χ1) is 12.1. The molecule has 0 saturated heterocycles. The highest BCUT2D eigenvalue weighted by Crippen LogP contribution is 2.24. The van der Waals surface area contributed by atoms with Crippen molar-refractivity contribution in [3.63, 3.8) is 0 Å². The van der Waals surface area contributed by atoms with E-state index in [0.29, 0.717) is 18.1 Å². The number of carbonyl (C=O) groups excluding carboxylic acids is 1. The minimum atomic E-state index is -0.446. The van der Waals surface area contributed by atoms with Crippen LogP contribution >= 0.6 is 0 Å². The van der Waals surface area contributed by atoms with E-state index in [2.05, 4.69) is 22.2 Å². The van der Waals surface area contributed by atoms with Gasteiger partial charge in [0, 0.05) is 12.4 Å². The summed E-state index contributed by atoms with van der Waals surface area (Å²) in [5.41, 5.74) is 1.16. The minimum Gasteiger partial charge on any atom is -0.462 e. The molecule has 5 nitrogen and oxygen atoms in total. The van der Waals surface area contributed by atoms with Crippen LogP contribution in [0.1, 0.15) is 61.5 Å². The lowest BCUT2D eigenvalue weighted by Crippen LogP contribution is -2.14. The topological polar surface area (TPSA) is 64.1 Å². The predicted molar refractivity (Wildman–Crippen MR) is 94.9 cm³/mol. The number of hydrogen-bond donors (Lipinski definition) is 1. The Labute approximate surface area is 147 Å². The summed E-state index contributed by atoms with van der Waals surface area (Å²) in [6, 6.07) is 6.45. The molecular weight excluding hydrogens is 321 g/mol. The quantitative estimate of drug-likeness (QED) is 0.534. The average molecular weight is 345 g/mol. The summed E-state index contributed by atoms with van der Waals surface area (Å²) in [7, 11) is 0. The molecule has 0 amide bonds. The van der Waals surface area contributed by atoms with Crippen molar-refractivity contribution in [3.8, 4) is 0 Å². The Hall–Kier alpha value is -2.50. The van der Waals surface area contributed by atoms with Gasteiger partial charge in [-0.3, -0.25) is 0 Å². The maximum Gasteiger partial charge on any atom is 0.341 e. The molecule has 0 spiro atoms. The monoisotopic (exact) mass is 345 g/mol. The second-order valence-corrected chi connectivity index (χ2v) is 5.76. The van der Waals surface area contributed by atoms with Gasteiger partial charge in [0.25, 0.3) is 0 Å². The molecule has 0 bridgehead atoms. The molecule has 0 saturated carbocycles. The fourth-order valence-electron chi connectivity index (χ4n) is 2.52. The highest BCUT2D eigenvalue weighted by molar-refractivity contribution is 5.88. The molecule has 2 aromatic rings. The van der Waals surface area contributed by atoms with Crippen LogP contribution in [0, 0.1) is 5.82 Å². The summed E-state index contributed by atoms with van der Waals surface area (Å²) in [6.45, 7) is 4.19. The van der Waals surface area contributed by atoms with Crippen molar-refractivity contribution in [3.05, 3.63) is 53.6 Å². The predicted octanol–water partition coefficient (Wildman–Crippen LogP) is 4.53. The number of unbranched alkanes of at least 4 members (excludes halogenated alkanes) is 2.